The van der Waals surface area contributed by atoms with Gasteiger partial charge in [0.1, 0.15) is 12.2 Å². The van der Waals surface area contributed by atoms with Gasteiger partial charge < -0.3 is 20.4 Å². The van der Waals surface area contributed by atoms with Gasteiger partial charge >= 0.3 is 0 Å². The molecule has 4 rings (SSSR count). The predicted octanol–water partition coefficient (Wildman–Crippen LogP) is 1.50. The van der Waals surface area contributed by atoms with E-state index in [2.05, 4.69) is 0 Å². The summed E-state index contributed by atoms with van der Waals surface area (Å²) in [4.78, 5) is 24.4. The van der Waals surface area contributed by atoms with Crippen molar-refractivity contribution in [2.24, 2.45) is 28.6 Å². The van der Waals surface area contributed by atoms with Gasteiger partial charge in [0, 0.05) is 23.9 Å². The van der Waals surface area contributed by atoms with Crippen LogP contribution in [-0.2, 0) is 9.59 Å². The molecule has 168 valence electrons. The van der Waals surface area contributed by atoms with Crippen molar-refractivity contribution < 1.29 is 34.4 Å². The van der Waals surface area contributed by atoms with Gasteiger partial charge in [-0.2, -0.15) is 0 Å². The Morgan fingerprint density at radius 3 is 2.50 bits per heavy atom. The standard InChI is InChI=1S/C22H29FO5.CH4O/c1-12-8-16-15-5-4-13-9-14(25)6-7-19(13,2)21(15,23)17(26)10-20(16,3)22(12,28)18(27)11-24;1-2/h6-7,9,12,15-17,24,26,28H,4-5,8,10-11H2,1-3H3;2H,1H3/t12-,15+,16+,17+,19+,20+,21+,22+;/m1./s1. The molecule has 3 fully saturated rings. The topological polar surface area (TPSA) is 115 Å². The smallest absolute Gasteiger partial charge is 0.190 e. The van der Waals surface area contributed by atoms with Crippen LogP contribution in [0.2, 0.25) is 0 Å². The number of halogens is 1. The molecular formula is C23H33FO6. The Hall–Kier alpha value is -1.41. The summed E-state index contributed by atoms with van der Waals surface area (Å²) in [5.74, 6) is -2.12. The molecular weight excluding hydrogens is 391 g/mol. The maximum atomic E-state index is 16.9. The second-order valence-electron chi connectivity index (χ2n) is 9.75. The van der Waals surface area contributed by atoms with Gasteiger partial charge in [-0.15, -0.1) is 0 Å². The summed E-state index contributed by atoms with van der Waals surface area (Å²) >= 11 is 0. The number of fused-ring (bicyclic) bond motifs is 5. The Balaban J connectivity index is 0.00000124. The lowest BCUT2D eigenvalue weighted by Crippen LogP contribution is -2.69. The average molecular weight is 425 g/mol. The summed E-state index contributed by atoms with van der Waals surface area (Å²) in [6.07, 6.45) is 4.44. The van der Waals surface area contributed by atoms with Crippen molar-refractivity contribution in [3.8, 4) is 0 Å². The number of Topliss-reactive ketones (excluding diaryl/α,β-unsaturated/α-hetero) is 1. The highest BCUT2D eigenvalue weighted by Crippen LogP contribution is 2.70. The number of alkyl halides is 1. The van der Waals surface area contributed by atoms with Crippen LogP contribution in [0.4, 0.5) is 4.39 Å². The lowest BCUT2D eigenvalue weighted by Gasteiger charge is -2.62. The highest BCUT2D eigenvalue weighted by molar-refractivity contribution is 6.01. The number of hydrogen-bond donors (Lipinski definition) is 4. The fraction of sp³-hybridized carbons (Fsp3) is 0.739. The van der Waals surface area contributed by atoms with Crippen molar-refractivity contribution in [3.63, 3.8) is 0 Å². The van der Waals surface area contributed by atoms with Gasteiger partial charge in [0.2, 0.25) is 0 Å². The Bertz CT molecular complexity index is 808. The minimum absolute atomic E-state index is 0.0676. The predicted molar refractivity (Wildman–Crippen MR) is 108 cm³/mol. The van der Waals surface area contributed by atoms with Gasteiger partial charge in [-0.25, -0.2) is 4.39 Å². The summed E-state index contributed by atoms with van der Waals surface area (Å²) < 4.78 is 16.9. The Morgan fingerprint density at radius 1 is 1.27 bits per heavy atom. The molecule has 6 nitrogen and oxygen atoms in total. The number of aliphatic hydroxyl groups excluding tert-OH is 3. The Kier molecular flexibility index (Phi) is 5.68. The zero-order valence-electron chi connectivity index (χ0n) is 18.1. The van der Waals surface area contributed by atoms with E-state index < -0.39 is 52.4 Å². The second-order valence-corrected chi connectivity index (χ2v) is 9.75. The molecule has 0 unspecified atom stereocenters. The van der Waals surface area contributed by atoms with Crippen LogP contribution in [0.15, 0.2) is 23.8 Å². The van der Waals surface area contributed by atoms with E-state index in [1.54, 1.807) is 26.8 Å². The Labute approximate surface area is 176 Å². The lowest BCUT2D eigenvalue weighted by molar-refractivity contribution is -0.219. The van der Waals surface area contributed by atoms with E-state index in [9.17, 15) is 24.9 Å². The Morgan fingerprint density at radius 2 is 1.90 bits per heavy atom. The fourth-order valence-electron chi connectivity index (χ4n) is 7.26. The largest absolute Gasteiger partial charge is 0.400 e. The SMILES string of the molecule is CO.C[C@@H]1C[C@H]2[C@@H]3CCC4=CC(=O)C=C[C@]4(C)[C@@]3(F)[C@@H](O)C[C@]2(C)[C@@]1(O)C(=O)CO. The minimum Gasteiger partial charge on any atom is -0.400 e. The molecule has 0 radical (unpaired) electrons. The van der Waals surface area contributed by atoms with Crippen molar-refractivity contribution in [2.45, 2.75) is 63.8 Å². The first-order chi connectivity index (χ1) is 14.0. The summed E-state index contributed by atoms with van der Waals surface area (Å²) in [7, 11) is 1.00. The maximum Gasteiger partial charge on any atom is 0.190 e. The molecule has 0 aromatic carbocycles. The van der Waals surface area contributed by atoms with Gasteiger partial charge in [-0.05, 0) is 56.6 Å². The minimum atomic E-state index is -1.98. The molecule has 4 aliphatic carbocycles. The van der Waals surface area contributed by atoms with Crippen LogP contribution < -0.4 is 0 Å². The zero-order valence-corrected chi connectivity index (χ0v) is 18.1. The molecule has 3 saturated carbocycles. The lowest BCUT2D eigenvalue weighted by atomic mass is 9.44. The van der Waals surface area contributed by atoms with Crippen LogP contribution in [0.5, 0.6) is 0 Å². The number of allylic oxidation sites excluding steroid dienone is 4. The number of aliphatic hydroxyl groups is 4. The number of ketones is 2. The van der Waals surface area contributed by atoms with E-state index in [4.69, 9.17) is 5.11 Å². The fourth-order valence-corrected chi connectivity index (χ4v) is 7.26. The normalized spacial score (nSPS) is 49.2. The van der Waals surface area contributed by atoms with E-state index in [-0.39, 0.29) is 18.1 Å². The number of carbonyl (C=O) groups is 2. The monoisotopic (exact) mass is 424 g/mol. The summed E-state index contributed by atoms with van der Waals surface area (Å²) in [5.41, 5.74) is -5.17. The van der Waals surface area contributed by atoms with Crippen LogP contribution in [0, 0.1) is 28.6 Å². The summed E-state index contributed by atoms with van der Waals surface area (Å²) in [6, 6.07) is 0. The first-order valence-corrected chi connectivity index (χ1v) is 10.6. The summed E-state index contributed by atoms with van der Waals surface area (Å²) in [5, 5.41) is 39.0. The van der Waals surface area contributed by atoms with Crippen LogP contribution in [0.1, 0.15) is 46.5 Å². The first kappa shape index (κ1) is 23.3. The molecule has 0 heterocycles. The number of carbonyl (C=O) groups excluding carboxylic acids is 2. The third kappa shape index (κ3) is 2.55. The van der Waals surface area contributed by atoms with Gasteiger partial charge in [0.25, 0.3) is 0 Å². The average Bonchev–Trinajstić information content (AvgIpc) is 2.92. The van der Waals surface area contributed by atoms with E-state index in [1.807, 2.05) is 0 Å². The van der Waals surface area contributed by atoms with Gasteiger partial charge in [-0.3, -0.25) is 9.59 Å². The van der Waals surface area contributed by atoms with Crippen LogP contribution in [0.3, 0.4) is 0 Å². The molecule has 0 aromatic heterocycles. The molecule has 4 N–H and O–H groups in total. The molecule has 0 aromatic rings. The molecule has 0 amide bonds. The maximum absolute atomic E-state index is 16.9. The van der Waals surface area contributed by atoms with E-state index >= 15 is 4.39 Å². The number of rotatable bonds is 2. The third-order valence-electron chi connectivity index (χ3n) is 8.79. The first-order valence-electron chi connectivity index (χ1n) is 10.6. The van der Waals surface area contributed by atoms with Crippen molar-refractivity contribution in [2.75, 3.05) is 13.7 Å². The highest BCUT2D eigenvalue weighted by Gasteiger charge is 2.75. The number of hydrogen-bond acceptors (Lipinski definition) is 6. The van der Waals surface area contributed by atoms with Crippen molar-refractivity contribution in [3.05, 3.63) is 23.8 Å². The van der Waals surface area contributed by atoms with Crippen LogP contribution in [-0.4, -0.2) is 63.1 Å². The van der Waals surface area contributed by atoms with Crippen molar-refractivity contribution >= 4 is 11.6 Å². The van der Waals surface area contributed by atoms with E-state index in [1.165, 1.54) is 12.2 Å². The zero-order chi connectivity index (χ0) is 22.7. The van der Waals surface area contributed by atoms with Crippen molar-refractivity contribution in [1.82, 2.24) is 0 Å². The molecule has 30 heavy (non-hydrogen) atoms. The van der Waals surface area contributed by atoms with E-state index in [0.717, 1.165) is 7.11 Å². The molecule has 7 heteroatoms. The quantitative estimate of drug-likeness (QED) is 0.534. The van der Waals surface area contributed by atoms with Crippen LogP contribution >= 0.6 is 0 Å². The molecule has 0 spiro atoms. The molecule has 8 atom stereocenters. The molecule has 4 aliphatic rings. The third-order valence-corrected chi connectivity index (χ3v) is 8.79. The molecule has 0 saturated heterocycles. The van der Waals surface area contributed by atoms with E-state index in [0.29, 0.717) is 24.8 Å². The summed E-state index contributed by atoms with van der Waals surface area (Å²) in [6.45, 7) is 4.48. The second kappa shape index (κ2) is 7.33. The van der Waals surface area contributed by atoms with Gasteiger partial charge in [-0.1, -0.05) is 25.5 Å². The van der Waals surface area contributed by atoms with Gasteiger partial charge in [0.05, 0.1) is 6.10 Å². The molecule has 0 aliphatic heterocycles. The van der Waals surface area contributed by atoms with Gasteiger partial charge in [0.15, 0.2) is 17.2 Å². The molecule has 0 bridgehead atoms. The van der Waals surface area contributed by atoms with Crippen molar-refractivity contribution in [1.29, 1.82) is 0 Å². The highest BCUT2D eigenvalue weighted by atomic mass is 19.1. The van der Waals surface area contributed by atoms with Crippen LogP contribution in [0.25, 0.3) is 0 Å².